The highest BCUT2D eigenvalue weighted by Crippen LogP contribution is 2.31. The molecule has 0 saturated heterocycles. The molecular weight excluding hydrogens is 316 g/mol. The lowest BCUT2D eigenvalue weighted by molar-refractivity contribution is -0.123. The van der Waals surface area contributed by atoms with E-state index in [0.29, 0.717) is 6.61 Å². The van der Waals surface area contributed by atoms with Gasteiger partial charge >= 0.3 is 0 Å². The van der Waals surface area contributed by atoms with Gasteiger partial charge < -0.3 is 15.4 Å². The lowest BCUT2D eigenvalue weighted by Gasteiger charge is -2.27. The van der Waals surface area contributed by atoms with Crippen LogP contribution in [-0.4, -0.2) is 18.4 Å². The fourth-order valence-electron chi connectivity index (χ4n) is 3.11. The van der Waals surface area contributed by atoms with Crippen molar-refractivity contribution in [3.8, 4) is 5.75 Å². The van der Waals surface area contributed by atoms with E-state index < -0.39 is 0 Å². The van der Waals surface area contributed by atoms with Crippen LogP contribution >= 0.6 is 0 Å². The maximum Gasteiger partial charge on any atom is 0.222 e. The Labute approximate surface area is 147 Å². The van der Waals surface area contributed by atoms with Crippen LogP contribution in [0.3, 0.4) is 0 Å². The SMILES string of the molecule is CC(=O)N[C@H](CC(=O)N[C@@H]1CCOc2ccccc21)c1ccccc1. The van der Waals surface area contributed by atoms with Crippen LogP contribution in [0, 0.1) is 0 Å². The molecule has 2 aromatic rings. The average molecular weight is 338 g/mol. The zero-order valence-electron chi connectivity index (χ0n) is 14.2. The van der Waals surface area contributed by atoms with Crippen molar-refractivity contribution in [2.45, 2.75) is 31.8 Å². The molecule has 0 saturated carbocycles. The van der Waals surface area contributed by atoms with Crippen molar-refractivity contribution in [2.24, 2.45) is 0 Å². The molecule has 0 fully saturated rings. The second kappa shape index (κ2) is 7.83. The number of rotatable bonds is 5. The van der Waals surface area contributed by atoms with Crippen molar-refractivity contribution in [2.75, 3.05) is 6.61 Å². The van der Waals surface area contributed by atoms with Crippen molar-refractivity contribution in [1.29, 1.82) is 0 Å². The summed E-state index contributed by atoms with van der Waals surface area (Å²) in [5, 5.41) is 5.94. The van der Waals surface area contributed by atoms with Gasteiger partial charge in [-0.1, -0.05) is 48.5 Å². The van der Waals surface area contributed by atoms with E-state index in [9.17, 15) is 9.59 Å². The van der Waals surface area contributed by atoms with Gasteiger partial charge in [0.15, 0.2) is 0 Å². The van der Waals surface area contributed by atoms with E-state index in [2.05, 4.69) is 10.6 Å². The summed E-state index contributed by atoms with van der Waals surface area (Å²) in [4.78, 5) is 24.1. The van der Waals surface area contributed by atoms with E-state index in [1.54, 1.807) is 0 Å². The molecule has 1 aliphatic rings. The molecule has 2 atom stereocenters. The van der Waals surface area contributed by atoms with Gasteiger partial charge in [-0.3, -0.25) is 9.59 Å². The third kappa shape index (κ3) is 4.38. The topological polar surface area (TPSA) is 67.4 Å². The minimum atomic E-state index is -0.339. The van der Waals surface area contributed by atoms with Crippen LogP contribution in [0.2, 0.25) is 0 Å². The van der Waals surface area contributed by atoms with Crippen LogP contribution < -0.4 is 15.4 Å². The minimum absolute atomic E-state index is 0.0637. The van der Waals surface area contributed by atoms with Gasteiger partial charge in [-0.05, 0) is 11.6 Å². The summed E-state index contributed by atoms with van der Waals surface area (Å²) in [6, 6.07) is 16.9. The number of benzene rings is 2. The number of para-hydroxylation sites is 1. The van der Waals surface area contributed by atoms with Gasteiger partial charge in [-0.2, -0.15) is 0 Å². The number of ether oxygens (including phenoxy) is 1. The first-order chi connectivity index (χ1) is 12.1. The van der Waals surface area contributed by atoms with Gasteiger partial charge in [0.1, 0.15) is 5.75 Å². The molecule has 5 nitrogen and oxygen atoms in total. The molecule has 130 valence electrons. The van der Waals surface area contributed by atoms with Crippen LogP contribution in [0.15, 0.2) is 54.6 Å². The second-order valence-electron chi connectivity index (χ2n) is 6.16. The fraction of sp³-hybridized carbons (Fsp3) is 0.300. The largest absolute Gasteiger partial charge is 0.493 e. The second-order valence-corrected chi connectivity index (χ2v) is 6.16. The third-order valence-corrected chi connectivity index (χ3v) is 4.26. The normalized spacial score (nSPS) is 16.9. The van der Waals surface area contributed by atoms with Crippen LogP contribution in [0.1, 0.15) is 43.0 Å². The van der Waals surface area contributed by atoms with E-state index >= 15 is 0 Å². The number of hydrogen-bond donors (Lipinski definition) is 2. The highest BCUT2D eigenvalue weighted by atomic mass is 16.5. The van der Waals surface area contributed by atoms with Crippen molar-refractivity contribution >= 4 is 11.8 Å². The molecule has 2 aromatic carbocycles. The first-order valence-electron chi connectivity index (χ1n) is 8.46. The number of carbonyl (C=O) groups excluding carboxylic acids is 2. The summed E-state index contributed by atoms with van der Waals surface area (Å²) >= 11 is 0. The molecule has 0 bridgehead atoms. The summed E-state index contributed by atoms with van der Waals surface area (Å²) in [6.45, 7) is 2.04. The lowest BCUT2D eigenvalue weighted by Crippen LogP contribution is -2.36. The van der Waals surface area contributed by atoms with Crippen LogP contribution in [0.25, 0.3) is 0 Å². The zero-order valence-corrected chi connectivity index (χ0v) is 14.2. The Morgan fingerprint density at radius 3 is 2.60 bits per heavy atom. The Bertz CT molecular complexity index is 746. The molecule has 5 heteroatoms. The summed E-state index contributed by atoms with van der Waals surface area (Å²) in [5.74, 6) is 0.572. The molecular formula is C20H22N2O3. The molecule has 0 radical (unpaired) electrons. The maximum atomic E-state index is 12.6. The lowest BCUT2D eigenvalue weighted by atomic mass is 9.99. The number of fused-ring (bicyclic) bond motifs is 1. The zero-order chi connectivity index (χ0) is 17.6. The molecule has 2 amide bonds. The highest BCUT2D eigenvalue weighted by Gasteiger charge is 2.24. The fourth-order valence-corrected chi connectivity index (χ4v) is 3.11. The van der Waals surface area contributed by atoms with Crippen LogP contribution in [0.5, 0.6) is 5.75 Å². The van der Waals surface area contributed by atoms with Gasteiger partial charge in [0.2, 0.25) is 11.8 Å². The first-order valence-corrected chi connectivity index (χ1v) is 8.46. The van der Waals surface area contributed by atoms with Crippen molar-refractivity contribution < 1.29 is 14.3 Å². The Morgan fingerprint density at radius 2 is 1.84 bits per heavy atom. The van der Waals surface area contributed by atoms with E-state index in [0.717, 1.165) is 23.3 Å². The average Bonchev–Trinajstić information content (AvgIpc) is 2.62. The van der Waals surface area contributed by atoms with E-state index in [-0.39, 0.29) is 30.3 Å². The molecule has 0 aromatic heterocycles. The summed E-state index contributed by atoms with van der Waals surface area (Å²) in [7, 11) is 0. The molecule has 1 heterocycles. The Kier molecular flexibility index (Phi) is 5.33. The molecule has 1 aliphatic heterocycles. The predicted octanol–water partition coefficient (Wildman–Crippen LogP) is 2.89. The van der Waals surface area contributed by atoms with E-state index in [1.807, 2.05) is 54.6 Å². The third-order valence-electron chi connectivity index (χ3n) is 4.26. The number of nitrogens with one attached hydrogen (secondary N) is 2. The quantitative estimate of drug-likeness (QED) is 0.881. The van der Waals surface area contributed by atoms with Crippen molar-refractivity contribution in [1.82, 2.24) is 10.6 Å². The highest BCUT2D eigenvalue weighted by molar-refractivity contribution is 5.79. The Morgan fingerprint density at radius 1 is 1.12 bits per heavy atom. The number of amides is 2. The summed E-state index contributed by atoms with van der Waals surface area (Å²) in [6.07, 6.45) is 0.933. The molecule has 25 heavy (non-hydrogen) atoms. The maximum absolute atomic E-state index is 12.6. The number of hydrogen-bond acceptors (Lipinski definition) is 3. The van der Waals surface area contributed by atoms with Crippen LogP contribution in [0.4, 0.5) is 0 Å². The molecule has 3 rings (SSSR count). The van der Waals surface area contributed by atoms with Gasteiger partial charge in [0, 0.05) is 18.9 Å². The first kappa shape index (κ1) is 17.0. The monoisotopic (exact) mass is 338 g/mol. The van der Waals surface area contributed by atoms with Crippen LogP contribution in [-0.2, 0) is 9.59 Å². The summed E-state index contributed by atoms with van der Waals surface area (Å²) < 4.78 is 5.63. The molecule has 0 aliphatic carbocycles. The van der Waals surface area contributed by atoms with Gasteiger partial charge in [-0.25, -0.2) is 0 Å². The standard InChI is InChI=1S/C20H22N2O3/c1-14(23)21-18(15-7-3-2-4-8-15)13-20(24)22-17-11-12-25-19-10-6-5-9-16(17)19/h2-10,17-18H,11-13H2,1H3,(H,21,23)(H,22,24)/t17-,18-/m1/s1. The number of carbonyl (C=O) groups is 2. The van der Waals surface area contributed by atoms with Gasteiger partial charge in [0.25, 0.3) is 0 Å². The van der Waals surface area contributed by atoms with Crippen molar-refractivity contribution in [3.05, 3.63) is 65.7 Å². The smallest absolute Gasteiger partial charge is 0.222 e. The Hall–Kier alpha value is -2.82. The minimum Gasteiger partial charge on any atom is -0.493 e. The van der Waals surface area contributed by atoms with Crippen molar-refractivity contribution in [3.63, 3.8) is 0 Å². The van der Waals surface area contributed by atoms with Gasteiger partial charge in [0.05, 0.1) is 25.1 Å². The predicted molar refractivity (Wildman–Crippen MR) is 95.1 cm³/mol. The molecule has 0 unspecified atom stereocenters. The molecule has 0 spiro atoms. The van der Waals surface area contributed by atoms with E-state index in [1.165, 1.54) is 6.92 Å². The molecule has 2 N–H and O–H groups in total. The summed E-state index contributed by atoms with van der Waals surface area (Å²) in [5.41, 5.74) is 1.91. The van der Waals surface area contributed by atoms with Gasteiger partial charge in [-0.15, -0.1) is 0 Å². The van der Waals surface area contributed by atoms with E-state index in [4.69, 9.17) is 4.74 Å². The Balaban J connectivity index is 1.69.